The van der Waals surface area contributed by atoms with Gasteiger partial charge in [-0.25, -0.2) is 0 Å². The highest BCUT2D eigenvalue weighted by Gasteiger charge is 2.13. The van der Waals surface area contributed by atoms with Gasteiger partial charge in [0, 0.05) is 24.3 Å². The standard InChI is InChI=1S/C22H22N4O4/c27-21(17-4-6-18(7-5-17)24-13-2-1-3-14-24)11-10-19-8-9-20(30-19)16-25-15-12-22(23-25)26(28)29/h4-12,15H,1-3,13-14,16H2/b11-10+. The molecule has 3 aromatic rings. The van der Waals surface area contributed by atoms with Gasteiger partial charge < -0.3 is 19.4 Å². The first-order valence-electron chi connectivity index (χ1n) is 9.92. The molecule has 0 aliphatic carbocycles. The summed E-state index contributed by atoms with van der Waals surface area (Å²) in [6.07, 6.45) is 8.34. The van der Waals surface area contributed by atoms with Crippen LogP contribution in [0.3, 0.4) is 0 Å². The Balaban J connectivity index is 1.36. The van der Waals surface area contributed by atoms with Crippen LogP contribution < -0.4 is 4.90 Å². The summed E-state index contributed by atoms with van der Waals surface area (Å²) in [6.45, 7) is 2.41. The van der Waals surface area contributed by atoms with Gasteiger partial charge in [-0.1, -0.05) is 0 Å². The van der Waals surface area contributed by atoms with Crippen LogP contribution in [-0.4, -0.2) is 33.6 Å². The normalized spacial score (nSPS) is 14.3. The number of aromatic nitrogens is 2. The molecule has 0 radical (unpaired) electrons. The Morgan fingerprint density at radius 3 is 2.57 bits per heavy atom. The largest absolute Gasteiger partial charge is 0.460 e. The molecular formula is C22H22N4O4. The van der Waals surface area contributed by atoms with Gasteiger partial charge in [-0.3, -0.25) is 4.79 Å². The van der Waals surface area contributed by atoms with Crippen molar-refractivity contribution >= 4 is 23.4 Å². The van der Waals surface area contributed by atoms with Gasteiger partial charge in [0.05, 0.1) is 17.4 Å². The number of rotatable bonds is 7. The van der Waals surface area contributed by atoms with Gasteiger partial charge in [0.25, 0.3) is 0 Å². The maximum absolute atomic E-state index is 12.4. The van der Waals surface area contributed by atoms with Crippen LogP contribution >= 0.6 is 0 Å². The van der Waals surface area contributed by atoms with Crippen LogP contribution in [0.2, 0.25) is 0 Å². The monoisotopic (exact) mass is 406 g/mol. The predicted molar refractivity (Wildman–Crippen MR) is 113 cm³/mol. The highest BCUT2D eigenvalue weighted by Crippen LogP contribution is 2.21. The van der Waals surface area contributed by atoms with Crippen LogP contribution in [0.15, 0.2) is 59.2 Å². The van der Waals surface area contributed by atoms with E-state index in [1.165, 1.54) is 42.3 Å². The van der Waals surface area contributed by atoms with Gasteiger partial charge in [-0.05, 0) is 72.7 Å². The van der Waals surface area contributed by atoms with Crippen molar-refractivity contribution in [2.75, 3.05) is 18.0 Å². The van der Waals surface area contributed by atoms with Gasteiger partial charge in [0.1, 0.15) is 18.1 Å². The Hall–Kier alpha value is -3.68. The molecule has 0 N–H and O–H groups in total. The molecular weight excluding hydrogens is 384 g/mol. The Bertz CT molecular complexity index is 1060. The molecule has 154 valence electrons. The number of furan rings is 1. The smallest absolute Gasteiger partial charge is 0.389 e. The molecule has 1 aliphatic rings. The summed E-state index contributed by atoms with van der Waals surface area (Å²) in [5, 5.41) is 14.5. The lowest BCUT2D eigenvalue weighted by Crippen LogP contribution is -2.29. The molecule has 0 amide bonds. The molecule has 1 saturated heterocycles. The van der Waals surface area contributed by atoms with Gasteiger partial charge >= 0.3 is 5.82 Å². The first-order valence-corrected chi connectivity index (χ1v) is 9.92. The molecule has 0 unspecified atom stereocenters. The molecule has 30 heavy (non-hydrogen) atoms. The second kappa shape index (κ2) is 8.77. The Morgan fingerprint density at radius 2 is 1.87 bits per heavy atom. The highest BCUT2D eigenvalue weighted by molar-refractivity contribution is 6.06. The van der Waals surface area contributed by atoms with E-state index in [2.05, 4.69) is 10.00 Å². The third-order valence-electron chi connectivity index (χ3n) is 5.09. The quantitative estimate of drug-likeness (QED) is 0.251. The van der Waals surface area contributed by atoms with E-state index in [9.17, 15) is 14.9 Å². The van der Waals surface area contributed by atoms with Crippen molar-refractivity contribution in [1.29, 1.82) is 0 Å². The van der Waals surface area contributed by atoms with Gasteiger partial charge in [-0.15, -0.1) is 0 Å². The summed E-state index contributed by atoms with van der Waals surface area (Å²) in [7, 11) is 0. The van der Waals surface area contributed by atoms with E-state index < -0.39 is 4.92 Å². The fraction of sp³-hybridized carbons (Fsp3) is 0.273. The summed E-state index contributed by atoms with van der Waals surface area (Å²) in [5.41, 5.74) is 1.78. The Morgan fingerprint density at radius 1 is 1.10 bits per heavy atom. The van der Waals surface area contributed by atoms with E-state index in [0.717, 1.165) is 18.8 Å². The minimum absolute atomic E-state index is 0.0964. The van der Waals surface area contributed by atoms with E-state index >= 15 is 0 Å². The first kappa shape index (κ1) is 19.6. The average molecular weight is 406 g/mol. The van der Waals surface area contributed by atoms with Crippen LogP contribution in [0.4, 0.5) is 11.5 Å². The fourth-order valence-electron chi connectivity index (χ4n) is 3.51. The second-order valence-electron chi connectivity index (χ2n) is 7.22. The minimum atomic E-state index is -0.544. The number of nitro groups is 1. The molecule has 3 heterocycles. The second-order valence-corrected chi connectivity index (χ2v) is 7.22. The molecule has 0 bridgehead atoms. The van der Waals surface area contributed by atoms with E-state index in [1.54, 1.807) is 18.2 Å². The van der Waals surface area contributed by atoms with Crippen LogP contribution in [0, 0.1) is 10.1 Å². The molecule has 0 spiro atoms. The Labute approximate surface area is 173 Å². The van der Waals surface area contributed by atoms with Gasteiger partial charge in [-0.2, -0.15) is 4.68 Å². The third-order valence-corrected chi connectivity index (χ3v) is 5.09. The molecule has 2 aromatic heterocycles. The molecule has 8 nitrogen and oxygen atoms in total. The molecule has 1 aromatic carbocycles. The Kier molecular flexibility index (Phi) is 5.74. The SMILES string of the molecule is O=C(/C=C/c1ccc(Cn2ccc([N+](=O)[O-])n2)o1)c1ccc(N2CCCCC2)cc1. The summed E-state index contributed by atoms with van der Waals surface area (Å²) in [5.74, 6) is 0.815. The van der Waals surface area contributed by atoms with Crippen molar-refractivity contribution in [2.45, 2.75) is 25.8 Å². The summed E-state index contributed by atoms with van der Waals surface area (Å²) in [6, 6.07) is 12.5. The zero-order valence-electron chi connectivity index (χ0n) is 16.4. The molecule has 4 rings (SSSR count). The van der Waals surface area contributed by atoms with Crippen molar-refractivity contribution in [3.63, 3.8) is 0 Å². The number of piperidine rings is 1. The van der Waals surface area contributed by atoms with Crippen molar-refractivity contribution in [3.8, 4) is 0 Å². The molecule has 0 atom stereocenters. The first-order chi connectivity index (χ1) is 14.6. The molecule has 1 aliphatic heterocycles. The van der Waals surface area contributed by atoms with E-state index in [1.807, 2.05) is 24.3 Å². The lowest BCUT2D eigenvalue weighted by atomic mass is 10.1. The number of carbonyl (C=O) groups is 1. The average Bonchev–Trinajstić information content (AvgIpc) is 3.43. The van der Waals surface area contributed by atoms with Crippen LogP contribution in [0.25, 0.3) is 6.08 Å². The topological polar surface area (TPSA) is 94.4 Å². The van der Waals surface area contributed by atoms with Gasteiger partial charge in [0.2, 0.25) is 0 Å². The lowest BCUT2D eigenvalue weighted by molar-refractivity contribution is -0.389. The number of nitrogens with zero attached hydrogens (tertiary/aromatic N) is 4. The predicted octanol–water partition coefficient (Wildman–Crippen LogP) is 4.32. The molecule has 0 saturated carbocycles. The van der Waals surface area contributed by atoms with Gasteiger partial charge in [0.15, 0.2) is 5.78 Å². The number of benzene rings is 1. The summed E-state index contributed by atoms with van der Waals surface area (Å²) < 4.78 is 7.10. The zero-order chi connectivity index (χ0) is 20.9. The zero-order valence-corrected chi connectivity index (χ0v) is 16.4. The number of ketones is 1. The summed E-state index contributed by atoms with van der Waals surface area (Å²) in [4.78, 5) is 25.0. The third kappa shape index (κ3) is 4.65. The molecule has 1 fully saturated rings. The minimum Gasteiger partial charge on any atom is -0.460 e. The maximum Gasteiger partial charge on any atom is 0.389 e. The van der Waals surface area contributed by atoms with E-state index in [-0.39, 0.29) is 18.1 Å². The number of hydrogen-bond acceptors (Lipinski definition) is 6. The van der Waals surface area contributed by atoms with Crippen molar-refractivity contribution in [3.05, 3.63) is 81.9 Å². The van der Waals surface area contributed by atoms with Crippen LogP contribution in [0.1, 0.15) is 41.1 Å². The number of carbonyl (C=O) groups excluding carboxylic acids is 1. The van der Waals surface area contributed by atoms with E-state index in [4.69, 9.17) is 4.42 Å². The molecule has 8 heteroatoms. The fourth-order valence-corrected chi connectivity index (χ4v) is 3.51. The van der Waals surface area contributed by atoms with Crippen molar-refractivity contribution in [1.82, 2.24) is 9.78 Å². The maximum atomic E-state index is 12.4. The number of allylic oxidation sites excluding steroid dienone is 1. The van der Waals surface area contributed by atoms with Crippen molar-refractivity contribution < 1.29 is 14.1 Å². The number of anilines is 1. The number of hydrogen-bond donors (Lipinski definition) is 0. The van der Waals surface area contributed by atoms with Crippen LogP contribution in [-0.2, 0) is 6.54 Å². The van der Waals surface area contributed by atoms with Crippen LogP contribution in [0.5, 0.6) is 0 Å². The lowest BCUT2D eigenvalue weighted by Gasteiger charge is -2.28. The summed E-state index contributed by atoms with van der Waals surface area (Å²) >= 11 is 0. The van der Waals surface area contributed by atoms with E-state index in [0.29, 0.717) is 17.1 Å². The van der Waals surface area contributed by atoms with Crippen molar-refractivity contribution in [2.24, 2.45) is 0 Å². The highest BCUT2D eigenvalue weighted by atomic mass is 16.6.